The highest BCUT2D eigenvalue weighted by Crippen LogP contribution is 2.37. The van der Waals surface area contributed by atoms with Crippen molar-refractivity contribution in [2.45, 2.75) is 39.7 Å². The number of benzene rings is 1. The maximum Gasteiger partial charge on any atom is 0.224 e. The van der Waals surface area contributed by atoms with Crippen molar-refractivity contribution in [2.24, 2.45) is 0 Å². The zero-order valence-corrected chi connectivity index (χ0v) is 11.0. The molecule has 0 bridgehead atoms. The average Bonchev–Trinajstić information content (AvgIpc) is 2.26. The van der Waals surface area contributed by atoms with Crippen molar-refractivity contribution in [3.8, 4) is 0 Å². The predicted octanol–water partition coefficient (Wildman–Crippen LogP) is 2.81. The molecule has 1 N–H and O–H groups in total. The molecule has 0 saturated heterocycles. The zero-order valence-electron chi connectivity index (χ0n) is 11.0. The van der Waals surface area contributed by atoms with Gasteiger partial charge in [0, 0.05) is 19.0 Å². The molecule has 1 heterocycles. The second kappa shape index (κ2) is 4.06. The van der Waals surface area contributed by atoms with Gasteiger partial charge in [-0.3, -0.25) is 4.79 Å². The molecule has 1 aliphatic heterocycles. The van der Waals surface area contributed by atoms with E-state index < -0.39 is 0 Å². The van der Waals surface area contributed by atoms with E-state index in [-0.39, 0.29) is 11.4 Å². The summed E-state index contributed by atoms with van der Waals surface area (Å²) in [6, 6.07) is 6.15. The summed E-state index contributed by atoms with van der Waals surface area (Å²) in [5.41, 5.74) is 3.31. The minimum atomic E-state index is -0.0794. The van der Waals surface area contributed by atoms with Gasteiger partial charge in [-0.05, 0) is 31.9 Å². The number of anilines is 2. The number of para-hydroxylation sites is 1. The highest BCUT2D eigenvalue weighted by atomic mass is 16.2. The Morgan fingerprint density at radius 3 is 2.76 bits per heavy atom. The fraction of sp³-hybridized carbons (Fsp3) is 0.500. The first kappa shape index (κ1) is 12.0. The van der Waals surface area contributed by atoms with Gasteiger partial charge in [-0.2, -0.15) is 0 Å². The molecule has 1 amide bonds. The highest BCUT2D eigenvalue weighted by molar-refractivity contribution is 5.97. The molecule has 3 heteroatoms. The first-order valence-electron chi connectivity index (χ1n) is 6.13. The van der Waals surface area contributed by atoms with Crippen LogP contribution in [0.15, 0.2) is 18.2 Å². The molecule has 0 saturated carbocycles. The van der Waals surface area contributed by atoms with Crippen LogP contribution < -0.4 is 10.2 Å². The van der Waals surface area contributed by atoms with Crippen LogP contribution in [0.5, 0.6) is 0 Å². The van der Waals surface area contributed by atoms with Gasteiger partial charge >= 0.3 is 0 Å². The van der Waals surface area contributed by atoms with Gasteiger partial charge in [0.2, 0.25) is 5.91 Å². The van der Waals surface area contributed by atoms with E-state index in [1.54, 1.807) is 6.92 Å². The van der Waals surface area contributed by atoms with Gasteiger partial charge in [0.05, 0.1) is 11.4 Å². The summed E-state index contributed by atoms with van der Waals surface area (Å²) in [4.78, 5) is 13.6. The lowest BCUT2D eigenvalue weighted by Crippen LogP contribution is -2.50. The third kappa shape index (κ3) is 2.14. The number of rotatable bonds is 1. The smallest absolute Gasteiger partial charge is 0.224 e. The lowest BCUT2D eigenvalue weighted by Gasteiger charge is -2.41. The SMILES string of the molecule is CCc1cccc2c1NC(C)(C)CN2C(C)=O. The minimum Gasteiger partial charge on any atom is -0.376 e. The van der Waals surface area contributed by atoms with Gasteiger partial charge < -0.3 is 10.2 Å². The third-order valence-electron chi connectivity index (χ3n) is 3.20. The van der Waals surface area contributed by atoms with Gasteiger partial charge in [0.25, 0.3) is 0 Å². The van der Waals surface area contributed by atoms with E-state index in [0.717, 1.165) is 17.8 Å². The van der Waals surface area contributed by atoms with E-state index in [4.69, 9.17) is 0 Å². The van der Waals surface area contributed by atoms with Crippen LogP contribution in [0.25, 0.3) is 0 Å². The molecular formula is C14H20N2O. The first-order chi connectivity index (χ1) is 7.94. The summed E-state index contributed by atoms with van der Waals surface area (Å²) < 4.78 is 0. The van der Waals surface area contributed by atoms with Gasteiger partial charge in [-0.15, -0.1) is 0 Å². The number of aryl methyl sites for hydroxylation is 1. The molecule has 1 aromatic carbocycles. The van der Waals surface area contributed by atoms with Gasteiger partial charge in [-0.1, -0.05) is 19.1 Å². The number of nitrogens with one attached hydrogen (secondary N) is 1. The number of amides is 1. The molecule has 0 fully saturated rings. The summed E-state index contributed by atoms with van der Waals surface area (Å²) in [6.07, 6.45) is 0.970. The van der Waals surface area contributed by atoms with Crippen molar-refractivity contribution in [3.05, 3.63) is 23.8 Å². The minimum absolute atomic E-state index is 0.0794. The lowest BCUT2D eigenvalue weighted by molar-refractivity contribution is -0.116. The number of fused-ring (bicyclic) bond motifs is 1. The van der Waals surface area contributed by atoms with E-state index in [1.807, 2.05) is 17.0 Å². The van der Waals surface area contributed by atoms with Crippen LogP contribution >= 0.6 is 0 Å². The van der Waals surface area contributed by atoms with Crippen LogP contribution in [-0.4, -0.2) is 18.0 Å². The summed E-state index contributed by atoms with van der Waals surface area (Å²) >= 11 is 0. The van der Waals surface area contributed by atoms with Crippen LogP contribution in [0, 0.1) is 0 Å². The maximum atomic E-state index is 11.7. The Morgan fingerprint density at radius 1 is 1.47 bits per heavy atom. The van der Waals surface area contributed by atoms with Crippen LogP contribution in [0.4, 0.5) is 11.4 Å². The molecule has 1 aromatic rings. The fourth-order valence-electron chi connectivity index (χ4n) is 2.39. The van der Waals surface area contributed by atoms with Crippen LogP contribution in [0.3, 0.4) is 0 Å². The Hall–Kier alpha value is -1.51. The molecule has 0 radical (unpaired) electrons. The molecule has 3 nitrogen and oxygen atoms in total. The zero-order chi connectivity index (χ0) is 12.6. The quantitative estimate of drug-likeness (QED) is 0.807. The molecule has 0 unspecified atom stereocenters. The summed E-state index contributed by atoms with van der Waals surface area (Å²) in [6.45, 7) is 8.72. The second-order valence-electron chi connectivity index (χ2n) is 5.28. The molecule has 2 rings (SSSR count). The highest BCUT2D eigenvalue weighted by Gasteiger charge is 2.32. The van der Waals surface area contributed by atoms with Crippen molar-refractivity contribution in [1.29, 1.82) is 0 Å². The van der Waals surface area contributed by atoms with Crippen LogP contribution in [-0.2, 0) is 11.2 Å². The fourth-order valence-corrected chi connectivity index (χ4v) is 2.39. The number of carbonyl (C=O) groups excluding carboxylic acids is 1. The molecular weight excluding hydrogens is 212 g/mol. The normalized spacial score (nSPS) is 17.3. The van der Waals surface area contributed by atoms with E-state index in [1.165, 1.54) is 5.56 Å². The Labute approximate surface area is 103 Å². The summed E-state index contributed by atoms with van der Waals surface area (Å²) in [5, 5.41) is 3.55. The van der Waals surface area contributed by atoms with E-state index in [9.17, 15) is 4.79 Å². The molecule has 0 aromatic heterocycles. The summed E-state index contributed by atoms with van der Waals surface area (Å²) in [7, 11) is 0. The molecule has 0 atom stereocenters. The number of hydrogen-bond donors (Lipinski definition) is 1. The van der Waals surface area contributed by atoms with Crippen molar-refractivity contribution in [2.75, 3.05) is 16.8 Å². The second-order valence-corrected chi connectivity index (χ2v) is 5.28. The number of nitrogens with zero attached hydrogens (tertiary/aromatic N) is 1. The van der Waals surface area contributed by atoms with Crippen molar-refractivity contribution < 1.29 is 4.79 Å². The molecule has 1 aliphatic rings. The molecule has 17 heavy (non-hydrogen) atoms. The van der Waals surface area contributed by atoms with Crippen molar-refractivity contribution >= 4 is 17.3 Å². The topological polar surface area (TPSA) is 32.3 Å². The monoisotopic (exact) mass is 232 g/mol. The van der Waals surface area contributed by atoms with E-state index in [2.05, 4.69) is 32.2 Å². The van der Waals surface area contributed by atoms with E-state index >= 15 is 0 Å². The Kier molecular flexibility index (Phi) is 2.86. The number of carbonyl (C=O) groups is 1. The summed E-state index contributed by atoms with van der Waals surface area (Å²) in [5.74, 6) is 0.106. The van der Waals surface area contributed by atoms with E-state index in [0.29, 0.717) is 6.54 Å². The van der Waals surface area contributed by atoms with Crippen LogP contribution in [0.1, 0.15) is 33.3 Å². The average molecular weight is 232 g/mol. The number of hydrogen-bond acceptors (Lipinski definition) is 2. The Morgan fingerprint density at radius 2 is 2.18 bits per heavy atom. The molecule has 0 aliphatic carbocycles. The largest absolute Gasteiger partial charge is 0.376 e. The molecule has 0 spiro atoms. The maximum absolute atomic E-state index is 11.7. The molecule has 92 valence electrons. The van der Waals surface area contributed by atoms with Crippen molar-refractivity contribution in [1.82, 2.24) is 0 Å². The third-order valence-corrected chi connectivity index (χ3v) is 3.20. The lowest BCUT2D eigenvalue weighted by atomic mass is 9.96. The van der Waals surface area contributed by atoms with Crippen LogP contribution in [0.2, 0.25) is 0 Å². The van der Waals surface area contributed by atoms with Gasteiger partial charge in [-0.25, -0.2) is 0 Å². The van der Waals surface area contributed by atoms with Gasteiger partial charge in [0.15, 0.2) is 0 Å². The Balaban J connectivity index is 2.56. The predicted molar refractivity (Wildman–Crippen MR) is 71.5 cm³/mol. The first-order valence-corrected chi connectivity index (χ1v) is 6.13. The Bertz CT molecular complexity index is 452. The van der Waals surface area contributed by atoms with Crippen molar-refractivity contribution in [3.63, 3.8) is 0 Å². The standard InChI is InChI=1S/C14H20N2O/c1-5-11-7-6-8-12-13(11)15-14(3,4)9-16(12)10(2)17/h6-8,15H,5,9H2,1-4H3. The van der Waals surface area contributed by atoms with Gasteiger partial charge in [0.1, 0.15) is 0 Å².